The summed E-state index contributed by atoms with van der Waals surface area (Å²) in [5.41, 5.74) is 1.75. The Morgan fingerprint density at radius 1 is 1.03 bits per heavy atom. The molecule has 150 valence electrons. The van der Waals surface area contributed by atoms with Crippen LogP contribution < -0.4 is 4.90 Å². The maximum absolute atomic E-state index is 13.2. The second-order valence-electron chi connectivity index (χ2n) is 7.07. The second-order valence-corrected chi connectivity index (χ2v) is 7.07. The van der Waals surface area contributed by atoms with Gasteiger partial charge in [-0.2, -0.15) is 5.11 Å². The summed E-state index contributed by atoms with van der Waals surface area (Å²) in [6.45, 7) is 1.95. The predicted molar refractivity (Wildman–Crippen MR) is 104 cm³/mol. The summed E-state index contributed by atoms with van der Waals surface area (Å²) < 4.78 is 19.0. The molecule has 1 aromatic heterocycles. The van der Waals surface area contributed by atoms with E-state index in [-0.39, 0.29) is 6.54 Å². The highest BCUT2D eigenvalue weighted by molar-refractivity contribution is 6.25. The van der Waals surface area contributed by atoms with E-state index in [1.54, 1.807) is 6.92 Å². The van der Waals surface area contributed by atoms with Crippen LogP contribution in [0.2, 0.25) is 0 Å². The monoisotopic (exact) mass is 405 g/mol. The Bertz CT molecular complexity index is 1160. The molecule has 3 aromatic rings. The van der Waals surface area contributed by atoms with Crippen LogP contribution in [0, 0.1) is 12.7 Å². The fourth-order valence-electron chi connectivity index (χ4n) is 3.63. The van der Waals surface area contributed by atoms with Crippen LogP contribution in [0.1, 0.15) is 11.5 Å². The van der Waals surface area contributed by atoms with Gasteiger partial charge in [-0.05, 0) is 43.3 Å². The molecule has 0 radical (unpaired) electrons. The average Bonchev–Trinajstić information content (AvgIpc) is 3.40. The van der Waals surface area contributed by atoms with E-state index in [0.717, 1.165) is 10.5 Å². The Morgan fingerprint density at radius 3 is 2.50 bits per heavy atom. The lowest BCUT2D eigenvalue weighted by atomic mass is 10.1. The van der Waals surface area contributed by atoms with Crippen LogP contribution in [0.3, 0.4) is 0 Å². The number of carbonyl (C=O) groups is 2. The molecule has 5 rings (SSSR count). The number of benzene rings is 2. The molecule has 30 heavy (non-hydrogen) atoms. The van der Waals surface area contributed by atoms with Crippen LogP contribution in [-0.2, 0) is 16.1 Å². The molecule has 2 aromatic carbocycles. The molecule has 1 saturated heterocycles. The Morgan fingerprint density at radius 2 is 1.77 bits per heavy atom. The van der Waals surface area contributed by atoms with Crippen molar-refractivity contribution < 1.29 is 18.4 Å². The second kappa shape index (κ2) is 6.87. The quantitative estimate of drug-likeness (QED) is 0.621. The topological polar surface area (TPSA) is 91.4 Å². The molecule has 0 bridgehead atoms. The van der Waals surface area contributed by atoms with Crippen molar-refractivity contribution in [2.75, 3.05) is 4.90 Å². The number of aromatic nitrogens is 1. The molecule has 2 aliphatic heterocycles. The maximum atomic E-state index is 13.2. The third-order valence-electron chi connectivity index (χ3n) is 5.17. The number of carbonyl (C=O) groups excluding carboxylic acids is 2. The molecule has 9 heteroatoms. The first-order valence-electron chi connectivity index (χ1n) is 9.35. The minimum absolute atomic E-state index is 0.170. The average molecular weight is 405 g/mol. The number of hydrogen-bond donors (Lipinski definition) is 0. The molecule has 2 atom stereocenters. The highest BCUT2D eigenvalue weighted by Gasteiger charge is 2.54. The van der Waals surface area contributed by atoms with E-state index in [4.69, 9.17) is 4.42 Å². The highest BCUT2D eigenvalue weighted by atomic mass is 19.1. The summed E-state index contributed by atoms with van der Waals surface area (Å²) in [6, 6.07) is 12.9. The molecule has 0 spiro atoms. The molecule has 2 amide bonds. The minimum atomic E-state index is -0.927. The van der Waals surface area contributed by atoms with E-state index in [1.165, 1.54) is 29.3 Å². The summed E-state index contributed by atoms with van der Waals surface area (Å²) in [5, 5.41) is 9.48. The van der Waals surface area contributed by atoms with Crippen molar-refractivity contribution in [3.05, 3.63) is 71.9 Å². The lowest BCUT2D eigenvalue weighted by Crippen LogP contribution is -2.39. The van der Waals surface area contributed by atoms with Gasteiger partial charge in [0.15, 0.2) is 12.1 Å². The number of halogens is 1. The number of aryl methyl sites for hydroxylation is 1. The van der Waals surface area contributed by atoms with E-state index in [2.05, 4.69) is 15.3 Å². The van der Waals surface area contributed by atoms with E-state index in [1.807, 2.05) is 30.3 Å². The fourth-order valence-corrected chi connectivity index (χ4v) is 3.63. The molecule has 0 unspecified atom stereocenters. The van der Waals surface area contributed by atoms with E-state index in [0.29, 0.717) is 23.0 Å². The van der Waals surface area contributed by atoms with E-state index < -0.39 is 29.7 Å². The number of nitrogens with zero attached hydrogens (tertiary/aromatic N) is 5. The molecule has 1 fully saturated rings. The molecule has 0 aliphatic carbocycles. The van der Waals surface area contributed by atoms with Crippen molar-refractivity contribution in [1.29, 1.82) is 0 Å². The smallest absolute Gasteiger partial charge is 0.263 e. The van der Waals surface area contributed by atoms with Gasteiger partial charge in [-0.15, -0.1) is 0 Å². The van der Waals surface area contributed by atoms with E-state index in [9.17, 15) is 14.0 Å². The molecule has 8 nitrogen and oxygen atoms in total. The molecular weight excluding hydrogens is 389 g/mol. The van der Waals surface area contributed by atoms with Gasteiger partial charge in [-0.3, -0.25) is 14.6 Å². The van der Waals surface area contributed by atoms with Crippen LogP contribution in [0.25, 0.3) is 11.5 Å². The highest BCUT2D eigenvalue weighted by Crippen LogP contribution is 2.33. The molecular formula is C21H16FN5O3. The molecule has 0 N–H and O–H groups in total. The van der Waals surface area contributed by atoms with Crippen molar-refractivity contribution in [3.63, 3.8) is 0 Å². The largest absolute Gasteiger partial charge is 0.441 e. The van der Waals surface area contributed by atoms with Gasteiger partial charge in [0.2, 0.25) is 5.89 Å². The van der Waals surface area contributed by atoms with Gasteiger partial charge in [0, 0.05) is 5.56 Å². The van der Waals surface area contributed by atoms with Crippen molar-refractivity contribution in [1.82, 2.24) is 9.99 Å². The maximum Gasteiger partial charge on any atom is 0.263 e. The molecule has 3 heterocycles. The van der Waals surface area contributed by atoms with E-state index >= 15 is 0 Å². The van der Waals surface area contributed by atoms with Crippen molar-refractivity contribution in [3.8, 4) is 11.5 Å². The van der Waals surface area contributed by atoms with Crippen LogP contribution in [0.5, 0.6) is 0 Å². The van der Waals surface area contributed by atoms with Gasteiger partial charge in [0.1, 0.15) is 17.3 Å². The summed E-state index contributed by atoms with van der Waals surface area (Å²) in [4.78, 5) is 31.3. The van der Waals surface area contributed by atoms with Gasteiger partial charge in [0.05, 0.1) is 12.2 Å². The first-order valence-corrected chi connectivity index (χ1v) is 9.35. The normalized spacial score (nSPS) is 20.3. The number of oxazole rings is 1. The zero-order valence-electron chi connectivity index (χ0n) is 15.9. The van der Waals surface area contributed by atoms with Crippen LogP contribution >= 0.6 is 0 Å². The number of imide groups is 1. The fraction of sp³-hybridized carbons (Fsp3) is 0.190. The summed E-state index contributed by atoms with van der Waals surface area (Å²) in [5.74, 6) is -0.317. The van der Waals surface area contributed by atoms with Crippen LogP contribution in [0.4, 0.5) is 10.1 Å². The Hall–Kier alpha value is -3.88. The Balaban J connectivity index is 1.40. The number of amides is 2. The van der Waals surface area contributed by atoms with Gasteiger partial charge in [-0.1, -0.05) is 23.4 Å². The third kappa shape index (κ3) is 2.86. The Kier molecular flexibility index (Phi) is 4.16. The zero-order chi connectivity index (χ0) is 20.8. The van der Waals surface area contributed by atoms with Crippen molar-refractivity contribution >= 4 is 17.5 Å². The van der Waals surface area contributed by atoms with Gasteiger partial charge < -0.3 is 4.42 Å². The lowest BCUT2D eigenvalue weighted by molar-refractivity contribution is -0.123. The van der Waals surface area contributed by atoms with Crippen molar-refractivity contribution in [2.45, 2.75) is 25.6 Å². The Labute approximate surface area is 170 Å². The summed E-state index contributed by atoms with van der Waals surface area (Å²) >= 11 is 0. The first kappa shape index (κ1) is 18.2. The van der Waals surface area contributed by atoms with Crippen LogP contribution in [-0.4, -0.2) is 33.9 Å². The minimum Gasteiger partial charge on any atom is -0.441 e. The van der Waals surface area contributed by atoms with Gasteiger partial charge in [-0.25, -0.2) is 14.3 Å². The van der Waals surface area contributed by atoms with Gasteiger partial charge >= 0.3 is 0 Å². The number of rotatable bonds is 4. The number of fused-ring (bicyclic) bond motifs is 1. The predicted octanol–water partition coefficient (Wildman–Crippen LogP) is 3.28. The van der Waals surface area contributed by atoms with Crippen LogP contribution in [0.15, 0.2) is 69.4 Å². The zero-order valence-corrected chi connectivity index (χ0v) is 15.9. The van der Waals surface area contributed by atoms with Crippen molar-refractivity contribution in [2.24, 2.45) is 10.3 Å². The standard InChI is InChI=1S/C21H16FN5O3/c1-12-16(23-19(30-12)13-5-3-2-4-6-13)11-26-18-17(24-25-26)20(28)27(21(18)29)15-9-7-14(22)8-10-15/h2-10,17-18H,11H2,1H3/t17-,18+/m0/s1. The molecule has 2 aliphatic rings. The number of anilines is 1. The number of hydrogen-bond acceptors (Lipinski definition) is 7. The third-order valence-corrected chi connectivity index (χ3v) is 5.17. The summed E-state index contributed by atoms with van der Waals surface area (Å²) in [6.07, 6.45) is 0. The summed E-state index contributed by atoms with van der Waals surface area (Å²) in [7, 11) is 0. The lowest BCUT2D eigenvalue weighted by Gasteiger charge is -2.19. The molecule has 0 saturated carbocycles. The first-order chi connectivity index (χ1) is 14.5. The SMILES string of the molecule is Cc1oc(-c2ccccc2)nc1CN1N=N[C@@H]2C(=O)N(c3ccc(F)cc3)C(=O)[C@@H]21. The van der Waals surface area contributed by atoms with Gasteiger partial charge in [0.25, 0.3) is 11.8 Å².